The molecule has 0 saturated heterocycles. The van der Waals surface area contributed by atoms with Gasteiger partial charge >= 0.3 is 12.1 Å². The van der Waals surface area contributed by atoms with Crippen molar-refractivity contribution < 1.29 is 23.1 Å². The first-order valence-corrected chi connectivity index (χ1v) is 5.27. The molecule has 0 saturated carbocycles. The molecular formula is C11H13F3N2O2. The lowest BCUT2D eigenvalue weighted by molar-refractivity contribution is -0.119. The maximum Gasteiger partial charge on any atom is 0.405 e. The molecule has 1 aromatic heterocycles. The third-order valence-corrected chi connectivity index (χ3v) is 2.38. The molecule has 1 aromatic rings. The van der Waals surface area contributed by atoms with E-state index in [0.29, 0.717) is 0 Å². The van der Waals surface area contributed by atoms with E-state index in [1.54, 1.807) is 6.92 Å². The van der Waals surface area contributed by atoms with Crippen LogP contribution < -0.4 is 4.90 Å². The van der Waals surface area contributed by atoms with Crippen molar-refractivity contribution in [1.29, 1.82) is 0 Å². The van der Waals surface area contributed by atoms with Crippen LogP contribution in [-0.4, -0.2) is 35.3 Å². The number of pyridine rings is 1. The fourth-order valence-electron chi connectivity index (χ4n) is 1.52. The lowest BCUT2D eigenvalue weighted by Gasteiger charge is -2.23. The predicted octanol–water partition coefficient (Wildman–Crippen LogP) is 2.48. The molecule has 0 spiro atoms. The first kappa shape index (κ1) is 14.3. The summed E-state index contributed by atoms with van der Waals surface area (Å²) in [5, 5.41) is 8.81. The Hall–Kier alpha value is -1.79. The zero-order chi connectivity index (χ0) is 13.9. The molecule has 0 unspecified atom stereocenters. The highest BCUT2D eigenvalue weighted by Crippen LogP contribution is 2.21. The number of alkyl halides is 3. The van der Waals surface area contributed by atoms with E-state index in [1.807, 2.05) is 0 Å². The first-order chi connectivity index (χ1) is 8.24. The van der Waals surface area contributed by atoms with Crippen molar-refractivity contribution in [2.75, 3.05) is 18.0 Å². The van der Waals surface area contributed by atoms with E-state index in [-0.39, 0.29) is 23.6 Å². The second-order valence-corrected chi connectivity index (χ2v) is 3.74. The molecule has 0 amide bonds. The van der Waals surface area contributed by atoms with Crippen molar-refractivity contribution in [3.8, 4) is 0 Å². The summed E-state index contributed by atoms with van der Waals surface area (Å²) < 4.78 is 37.0. The fraction of sp³-hybridized carbons (Fsp3) is 0.455. The van der Waals surface area contributed by atoms with Gasteiger partial charge in [0.2, 0.25) is 0 Å². The Bertz CT molecular complexity index is 446. The molecule has 1 rings (SSSR count). The van der Waals surface area contributed by atoms with Crippen LogP contribution in [0.5, 0.6) is 0 Å². The number of carbonyl (C=O) groups is 1. The van der Waals surface area contributed by atoms with Gasteiger partial charge in [-0.1, -0.05) is 0 Å². The van der Waals surface area contributed by atoms with Crippen LogP contribution in [0.3, 0.4) is 0 Å². The van der Waals surface area contributed by atoms with Gasteiger partial charge < -0.3 is 10.0 Å². The Balaban J connectivity index is 3.01. The smallest absolute Gasteiger partial charge is 0.405 e. The summed E-state index contributed by atoms with van der Waals surface area (Å²) in [7, 11) is 0. The maximum absolute atomic E-state index is 12.3. The van der Waals surface area contributed by atoms with Gasteiger partial charge in [0.25, 0.3) is 0 Å². The predicted molar refractivity (Wildman–Crippen MR) is 59.9 cm³/mol. The van der Waals surface area contributed by atoms with Gasteiger partial charge in [-0.15, -0.1) is 0 Å². The summed E-state index contributed by atoms with van der Waals surface area (Å²) in [6.45, 7) is 2.06. The Morgan fingerprint density at radius 1 is 1.44 bits per heavy atom. The summed E-state index contributed by atoms with van der Waals surface area (Å²) >= 11 is 0. The van der Waals surface area contributed by atoms with Crippen molar-refractivity contribution in [3.63, 3.8) is 0 Å². The van der Waals surface area contributed by atoms with E-state index in [4.69, 9.17) is 5.11 Å². The van der Waals surface area contributed by atoms with Gasteiger partial charge in [-0.3, -0.25) is 0 Å². The molecule has 0 aliphatic carbocycles. The highest BCUT2D eigenvalue weighted by Gasteiger charge is 2.30. The van der Waals surface area contributed by atoms with Gasteiger partial charge in [0.15, 0.2) is 0 Å². The topological polar surface area (TPSA) is 53.4 Å². The van der Waals surface area contributed by atoms with E-state index in [9.17, 15) is 18.0 Å². The van der Waals surface area contributed by atoms with Crippen LogP contribution in [0.15, 0.2) is 12.1 Å². The van der Waals surface area contributed by atoms with Crippen molar-refractivity contribution in [1.82, 2.24) is 4.98 Å². The number of hydrogen-bond acceptors (Lipinski definition) is 3. The number of anilines is 1. The molecule has 0 fully saturated rings. The Kier molecular flexibility index (Phi) is 4.15. The standard InChI is InChI=1S/C11H13F3N2O2/c1-3-16(6-11(12,13)14)9-5-4-8(10(17)18)7(2)15-9/h4-5H,3,6H2,1-2H3,(H,17,18). The number of carboxylic acid groups (broad SMARTS) is 1. The average molecular weight is 262 g/mol. The van der Waals surface area contributed by atoms with Crippen LogP contribution in [0.2, 0.25) is 0 Å². The van der Waals surface area contributed by atoms with Crippen LogP contribution in [0, 0.1) is 6.92 Å². The molecule has 7 heteroatoms. The fourth-order valence-corrected chi connectivity index (χ4v) is 1.52. The van der Waals surface area contributed by atoms with Crippen LogP contribution in [0.1, 0.15) is 23.0 Å². The van der Waals surface area contributed by atoms with E-state index in [0.717, 1.165) is 4.90 Å². The molecule has 18 heavy (non-hydrogen) atoms. The number of carboxylic acids is 1. The molecule has 0 radical (unpaired) electrons. The normalized spacial score (nSPS) is 11.4. The third kappa shape index (κ3) is 3.61. The number of aryl methyl sites for hydroxylation is 1. The van der Waals surface area contributed by atoms with Gasteiger partial charge in [0, 0.05) is 6.54 Å². The molecule has 0 atom stereocenters. The van der Waals surface area contributed by atoms with Gasteiger partial charge in [-0.25, -0.2) is 9.78 Å². The van der Waals surface area contributed by atoms with Crippen LogP contribution in [0.4, 0.5) is 19.0 Å². The number of rotatable bonds is 4. The SMILES string of the molecule is CCN(CC(F)(F)F)c1ccc(C(=O)O)c(C)n1. The molecule has 100 valence electrons. The highest BCUT2D eigenvalue weighted by molar-refractivity contribution is 5.89. The Morgan fingerprint density at radius 3 is 2.44 bits per heavy atom. The number of hydrogen-bond donors (Lipinski definition) is 1. The van der Waals surface area contributed by atoms with Gasteiger partial charge in [0.1, 0.15) is 12.4 Å². The number of aromatic nitrogens is 1. The molecule has 0 aliphatic heterocycles. The van der Waals surface area contributed by atoms with Crippen LogP contribution >= 0.6 is 0 Å². The summed E-state index contributed by atoms with van der Waals surface area (Å²) in [5.41, 5.74) is 0.183. The zero-order valence-corrected chi connectivity index (χ0v) is 9.95. The maximum atomic E-state index is 12.3. The van der Waals surface area contributed by atoms with Crippen molar-refractivity contribution in [3.05, 3.63) is 23.4 Å². The Labute approximate surface area is 102 Å². The second kappa shape index (κ2) is 5.24. The van der Waals surface area contributed by atoms with E-state index in [1.165, 1.54) is 19.1 Å². The summed E-state index contributed by atoms with van der Waals surface area (Å²) in [4.78, 5) is 15.7. The van der Waals surface area contributed by atoms with Gasteiger partial charge in [0.05, 0.1) is 11.3 Å². The molecule has 1 heterocycles. The highest BCUT2D eigenvalue weighted by atomic mass is 19.4. The van der Waals surface area contributed by atoms with E-state index < -0.39 is 18.7 Å². The molecule has 1 N–H and O–H groups in total. The van der Waals surface area contributed by atoms with Crippen LogP contribution in [0.25, 0.3) is 0 Å². The third-order valence-electron chi connectivity index (χ3n) is 2.38. The van der Waals surface area contributed by atoms with E-state index >= 15 is 0 Å². The monoisotopic (exact) mass is 262 g/mol. The average Bonchev–Trinajstić information content (AvgIpc) is 2.24. The van der Waals surface area contributed by atoms with Crippen molar-refractivity contribution >= 4 is 11.8 Å². The largest absolute Gasteiger partial charge is 0.478 e. The minimum atomic E-state index is -4.32. The quantitative estimate of drug-likeness (QED) is 0.905. The van der Waals surface area contributed by atoms with Crippen LogP contribution in [-0.2, 0) is 0 Å². The number of aromatic carboxylic acids is 1. The minimum Gasteiger partial charge on any atom is -0.478 e. The lowest BCUT2D eigenvalue weighted by Crippen LogP contribution is -2.34. The molecule has 0 bridgehead atoms. The zero-order valence-electron chi connectivity index (χ0n) is 9.95. The molecule has 4 nitrogen and oxygen atoms in total. The minimum absolute atomic E-state index is 0.0122. The lowest BCUT2D eigenvalue weighted by atomic mass is 10.2. The second-order valence-electron chi connectivity index (χ2n) is 3.74. The van der Waals surface area contributed by atoms with Gasteiger partial charge in [-0.2, -0.15) is 13.2 Å². The number of nitrogens with zero attached hydrogens (tertiary/aromatic N) is 2. The summed E-state index contributed by atoms with van der Waals surface area (Å²) in [6, 6.07) is 2.55. The van der Waals surface area contributed by atoms with Crippen molar-refractivity contribution in [2.45, 2.75) is 20.0 Å². The summed E-state index contributed by atoms with van der Waals surface area (Å²) in [6.07, 6.45) is -4.32. The molecular weight excluding hydrogens is 249 g/mol. The molecule has 0 aromatic carbocycles. The summed E-state index contributed by atoms with van der Waals surface area (Å²) in [5.74, 6) is -1.03. The number of halogens is 3. The Morgan fingerprint density at radius 2 is 2.06 bits per heavy atom. The first-order valence-electron chi connectivity index (χ1n) is 5.27. The van der Waals surface area contributed by atoms with Gasteiger partial charge in [-0.05, 0) is 26.0 Å². The molecule has 0 aliphatic rings. The van der Waals surface area contributed by atoms with Crippen molar-refractivity contribution in [2.24, 2.45) is 0 Å². The van der Waals surface area contributed by atoms with E-state index in [2.05, 4.69) is 4.98 Å².